The second-order valence-electron chi connectivity index (χ2n) is 3.41. The molecule has 0 aromatic rings. The predicted molar refractivity (Wildman–Crippen MR) is 82.2 cm³/mol. The summed E-state index contributed by atoms with van der Waals surface area (Å²) in [5, 5.41) is 0.277. The minimum Gasteiger partial charge on any atom is -0.314 e. The molecule has 0 bridgehead atoms. The molecule has 2 unspecified atom stereocenters. The largest absolute Gasteiger partial charge is 0.314 e. The Morgan fingerprint density at radius 2 is 2.00 bits per heavy atom. The fraction of sp³-hybridized carbons (Fsp3) is 0.900. The molecule has 0 rings (SSSR count). The first-order chi connectivity index (χ1) is 7.93. The normalized spacial score (nSPS) is 16.5. The lowest BCUT2D eigenvalue weighted by Crippen LogP contribution is -2.03. The van der Waals surface area contributed by atoms with E-state index in [1.165, 1.54) is 34.5 Å². The summed E-state index contributed by atoms with van der Waals surface area (Å²) in [6, 6.07) is 0. The summed E-state index contributed by atoms with van der Waals surface area (Å²) < 4.78 is 17.7. The van der Waals surface area contributed by atoms with Crippen LogP contribution in [0.25, 0.3) is 0 Å². The Labute approximate surface area is 117 Å². The fourth-order valence-corrected chi connectivity index (χ4v) is 9.30. The Hall–Kier alpha value is 0.910. The van der Waals surface area contributed by atoms with E-state index < -0.39 is 5.77 Å². The maximum Gasteiger partial charge on any atom is 0.313 e. The van der Waals surface area contributed by atoms with Gasteiger partial charge in [0.25, 0.3) is 0 Å². The maximum atomic E-state index is 12.4. The maximum absolute atomic E-state index is 12.4. The van der Waals surface area contributed by atoms with Crippen molar-refractivity contribution in [2.24, 2.45) is 0 Å². The number of carbonyl (C=O) groups is 1. The molecule has 17 heavy (non-hydrogen) atoms. The molecule has 3 nitrogen and oxygen atoms in total. The molecular weight excluding hydrogens is 295 g/mol. The smallest absolute Gasteiger partial charge is 0.313 e. The van der Waals surface area contributed by atoms with Crippen molar-refractivity contribution >= 4 is 45.4 Å². The molecule has 0 aliphatic carbocycles. The van der Waals surface area contributed by atoms with Crippen molar-refractivity contribution in [2.45, 2.75) is 39.4 Å². The van der Waals surface area contributed by atoms with Gasteiger partial charge in [0.05, 0.1) is 6.61 Å². The highest BCUT2D eigenvalue weighted by molar-refractivity contribution is 8.89. The van der Waals surface area contributed by atoms with Crippen molar-refractivity contribution in [3.05, 3.63) is 0 Å². The summed E-state index contributed by atoms with van der Waals surface area (Å²) in [5.74, 6) is -1.10. The Bertz CT molecular complexity index is 274. The Morgan fingerprint density at radius 3 is 2.47 bits per heavy atom. The van der Waals surface area contributed by atoms with E-state index >= 15 is 0 Å². The minimum absolute atomic E-state index is 0.102. The van der Waals surface area contributed by atoms with Crippen LogP contribution in [0, 0.1) is 0 Å². The van der Waals surface area contributed by atoms with Crippen LogP contribution < -0.4 is 0 Å². The Morgan fingerprint density at radius 1 is 1.35 bits per heavy atom. The summed E-state index contributed by atoms with van der Waals surface area (Å²) >= 11 is 4.06. The molecule has 0 aromatic heterocycles. The molecule has 0 aliphatic heterocycles. The molecule has 2 atom stereocenters. The lowest BCUT2D eigenvalue weighted by molar-refractivity contribution is -0.109. The van der Waals surface area contributed by atoms with Crippen molar-refractivity contribution < 1.29 is 13.9 Å². The summed E-state index contributed by atoms with van der Waals surface area (Å²) in [6.45, 7) is 7.91. The zero-order chi connectivity index (χ0) is 13.3. The van der Waals surface area contributed by atoms with Gasteiger partial charge in [-0.1, -0.05) is 48.4 Å². The molecule has 0 aromatic carbocycles. The molecule has 0 aliphatic rings. The van der Waals surface area contributed by atoms with Gasteiger partial charge in [0, 0.05) is 23.7 Å². The quantitative estimate of drug-likeness (QED) is 0.576. The summed E-state index contributed by atoms with van der Waals surface area (Å²) in [4.78, 5) is 10.9. The van der Waals surface area contributed by atoms with E-state index in [1.54, 1.807) is 6.92 Å². The van der Waals surface area contributed by atoms with Gasteiger partial charge in [-0.3, -0.25) is 9.36 Å². The SMILES string of the molecule is CCCSP(=O)(OCC)SCC(C)SC(C)=O. The summed E-state index contributed by atoms with van der Waals surface area (Å²) in [7, 11) is 0. The van der Waals surface area contributed by atoms with Gasteiger partial charge < -0.3 is 4.52 Å². The fourth-order valence-electron chi connectivity index (χ4n) is 0.987. The van der Waals surface area contributed by atoms with Crippen LogP contribution in [0.5, 0.6) is 0 Å². The number of rotatable bonds is 9. The van der Waals surface area contributed by atoms with Gasteiger partial charge in [-0.2, -0.15) is 0 Å². The summed E-state index contributed by atoms with van der Waals surface area (Å²) in [5.41, 5.74) is 0. The van der Waals surface area contributed by atoms with E-state index in [0.29, 0.717) is 12.4 Å². The molecule has 0 heterocycles. The van der Waals surface area contributed by atoms with Crippen molar-refractivity contribution in [3.8, 4) is 0 Å². The number of carbonyl (C=O) groups excluding carboxylic acids is 1. The monoisotopic (exact) mass is 316 g/mol. The van der Waals surface area contributed by atoms with Gasteiger partial charge in [0.1, 0.15) is 0 Å². The molecular formula is C10H21O3PS3. The van der Waals surface area contributed by atoms with Crippen LogP contribution in [0.1, 0.15) is 34.1 Å². The van der Waals surface area contributed by atoms with E-state index in [2.05, 4.69) is 6.92 Å². The molecule has 102 valence electrons. The van der Waals surface area contributed by atoms with Crippen LogP contribution >= 0.6 is 40.3 Å². The van der Waals surface area contributed by atoms with Gasteiger partial charge in [-0.05, 0) is 13.3 Å². The number of thioether (sulfide) groups is 1. The van der Waals surface area contributed by atoms with Crippen LogP contribution in [0.15, 0.2) is 0 Å². The molecule has 0 radical (unpaired) electrons. The molecule has 0 amide bonds. The first-order valence-corrected chi connectivity index (χ1v) is 11.3. The lowest BCUT2D eigenvalue weighted by Gasteiger charge is -2.17. The van der Waals surface area contributed by atoms with E-state index in [-0.39, 0.29) is 10.4 Å². The van der Waals surface area contributed by atoms with Crippen LogP contribution in [-0.4, -0.2) is 28.5 Å². The topological polar surface area (TPSA) is 43.4 Å². The summed E-state index contributed by atoms with van der Waals surface area (Å²) in [6.07, 6.45) is 0.986. The Kier molecular flexibility index (Phi) is 10.3. The highest BCUT2D eigenvalue weighted by Gasteiger charge is 2.25. The van der Waals surface area contributed by atoms with E-state index in [4.69, 9.17) is 4.52 Å². The zero-order valence-electron chi connectivity index (χ0n) is 10.8. The van der Waals surface area contributed by atoms with Crippen LogP contribution in [-0.2, 0) is 13.9 Å². The van der Waals surface area contributed by atoms with Crippen molar-refractivity contribution in [2.75, 3.05) is 18.1 Å². The van der Waals surface area contributed by atoms with Crippen molar-refractivity contribution in [3.63, 3.8) is 0 Å². The highest BCUT2D eigenvalue weighted by Crippen LogP contribution is 2.70. The van der Waals surface area contributed by atoms with Gasteiger partial charge >= 0.3 is 5.77 Å². The third kappa shape index (κ3) is 9.48. The standard InChI is InChI=1S/C10H21O3PS3/c1-5-7-15-14(12,13-6-2)16-8-9(3)17-10(4)11/h9H,5-8H2,1-4H3. The molecule has 0 spiro atoms. The average Bonchev–Trinajstić information content (AvgIpc) is 2.23. The van der Waals surface area contributed by atoms with Gasteiger partial charge in [0.15, 0.2) is 5.12 Å². The second kappa shape index (κ2) is 9.79. The van der Waals surface area contributed by atoms with Gasteiger partial charge in [-0.15, -0.1) is 0 Å². The van der Waals surface area contributed by atoms with E-state index in [0.717, 1.165) is 12.2 Å². The number of hydrogen-bond acceptors (Lipinski definition) is 6. The van der Waals surface area contributed by atoms with Crippen molar-refractivity contribution in [1.82, 2.24) is 0 Å². The lowest BCUT2D eigenvalue weighted by atomic mass is 10.6. The predicted octanol–water partition coefficient (Wildman–Crippen LogP) is 4.68. The van der Waals surface area contributed by atoms with Gasteiger partial charge in [-0.25, -0.2) is 0 Å². The highest BCUT2D eigenvalue weighted by atomic mass is 33.1. The zero-order valence-corrected chi connectivity index (χ0v) is 14.1. The minimum atomic E-state index is -2.62. The third-order valence-corrected chi connectivity index (χ3v) is 10.6. The second-order valence-corrected chi connectivity index (χ2v) is 12.6. The van der Waals surface area contributed by atoms with Crippen LogP contribution in [0.4, 0.5) is 0 Å². The molecule has 0 fully saturated rings. The molecule has 0 saturated carbocycles. The third-order valence-electron chi connectivity index (χ3n) is 1.58. The first kappa shape index (κ1) is 17.9. The molecule has 7 heteroatoms. The Balaban J connectivity index is 4.15. The first-order valence-electron chi connectivity index (χ1n) is 5.64. The van der Waals surface area contributed by atoms with Gasteiger partial charge in [0.2, 0.25) is 0 Å². The van der Waals surface area contributed by atoms with Crippen molar-refractivity contribution in [1.29, 1.82) is 0 Å². The average molecular weight is 316 g/mol. The number of hydrogen-bond donors (Lipinski definition) is 0. The molecule has 0 N–H and O–H groups in total. The van der Waals surface area contributed by atoms with Crippen LogP contribution in [0.2, 0.25) is 0 Å². The van der Waals surface area contributed by atoms with E-state index in [1.807, 2.05) is 13.8 Å². The molecule has 0 saturated heterocycles. The van der Waals surface area contributed by atoms with Crippen LogP contribution in [0.3, 0.4) is 0 Å². The van der Waals surface area contributed by atoms with E-state index in [9.17, 15) is 9.36 Å².